The summed E-state index contributed by atoms with van der Waals surface area (Å²) in [6, 6.07) is 17.0. The fourth-order valence-corrected chi connectivity index (χ4v) is 2.35. The Morgan fingerprint density at radius 3 is 2.32 bits per heavy atom. The lowest BCUT2D eigenvalue weighted by Crippen LogP contribution is -2.29. The van der Waals surface area contributed by atoms with Gasteiger partial charge in [-0.05, 0) is 52.4 Å². The van der Waals surface area contributed by atoms with Crippen molar-refractivity contribution in [2.75, 3.05) is 5.88 Å². The molecule has 19 heavy (non-hydrogen) atoms. The van der Waals surface area contributed by atoms with Crippen molar-refractivity contribution in [2.45, 2.75) is 6.04 Å². The molecule has 0 fully saturated rings. The van der Waals surface area contributed by atoms with Gasteiger partial charge in [0, 0.05) is 15.0 Å². The second-order valence-electron chi connectivity index (χ2n) is 4.10. The van der Waals surface area contributed by atoms with Crippen LogP contribution in [0.15, 0.2) is 54.6 Å². The zero-order chi connectivity index (χ0) is 13.7. The van der Waals surface area contributed by atoms with E-state index in [4.69, 9.17) is 11.6 Å². The van der Waals surface area contributed by atoms with E-state index in [1.165, 1.54) is 0 Å². The van der Waals surface area contributed by atoms with Crippen LogP contribution >= 0.6 is 34.2 Å². The summed E-state index contributed by atoms with van der Waals surface area (Å²) in [6.45, 7) is 0. The van der Waals surface area contributed by atoms with Gasteiger partial charge in [-0.2, -0.15) is 0 Å². The van der Waals surface area contributed by atoms with Gasteiger partial charge in [0.1, 0.15) is 0 Å². The number of rotatable bonds is 4. The molecule has 0 aliphatic rings. The van der Waals surface area contributed by atoms with Crippen molar-refractivity contribution in [2.24, 2.45) is 0 Å². The first-order chi connectivity index (χ1) is 9.20. The van der Waals surface area contributed by atoms with Gasteiger partial charge in [0.25, 0.3) is 5.91 Å². The highest BCUT2D eigenvalue weighted by Crippen LogP contribution is 2.15. The van der Waals surface area contributed by atoms with Crippen molar-refractivity contribution < 1.29 is 4.79 Å². The molecule has 2 aromatic rings. The van der Waals surface area contributed by atoms with E-state index < -0.39 is 0 Å². The molecule has 0 aliphatic carbocycles. The fraction of sp³-hybridized carbons (Fsp3) is 0.133. The van der Waals surface area contributed by atoms with Crippen molar-refractivity contribution in [3.8, 4) is 0 Å². The van der Waals surface area contributed by atoms with Crippen molar-refractivity contribution in [3.05, 3.63) is 69.3 Å². The molecule has 0 saturated carbocycles. The van der Waals surface area contributed by atoms with E-state index in [0.29, 0.717) is 11.4 Å². The van der Waals surface area contributed by atoms with Gasteiger partial charge in [-0.25, -0.2) is 0 Å². The van der Waals surface area contributed by atoms with Gasteiger partial charge < -0.3 is 5.32 Å². The highest BCUT2D eigenvalue weighted by Gasteiger charge is 2.14. The molecule has 1 amide bonds. The first-order valence-corrected chi connectivity index (χ1v) is 7.49. The third kappa shape index (κ3) is 3.94. The predicted molar refractivity (Wildman–Crippen MR) is 86.5 cm³/mol. The molecule has 0 aromatic heterocycles. The Morgan fingerprint density at radius 1 is 1.11 bits per heavy atom. The zero-order valence-electron chi connectivity index (χ0n) is 10.1. The Balaban J connectivity index is 2.10. The molecule has 98 valence electrons. The number of amides is 1. The monoisotopic (exact) mass is 385 g/mol. The molecule has 1 N–H and O–H groups in total. The molecule has 0 spiro atoms. The number of hydrogen-bond donors (Lipinski definition) is 1. The summed E-state index contributed by atoms with van der Waals surface area (Å²) in [7, 11) is 0. The van der Waals surface area contributed by atoms with Gasteiger partial charge in [-0.1, -0.05) is 30.3 Å². The minimum absolute atomic E-state index is 0.106. The summed E-state index contributed by atoms with van der Waals surface area (Å²) in [6.07, 6.45) is 0. The largest absolute Gasteiger partial charge is 0.344 e. The maximum atomic E-state index is 12.1. The van der Waals surface area contributed by atoms with Crippen LogP contribution in [0, 0.1) is 3.57 Å². The van der Waals surface area contributed by atoms with E-state index in [1.54, 1.807) is 0 Å². The van der Waals surface area contributed by atoms with E-state index >= 15 is 0 Å². The van der Waals surface area contributed by atoms with Gasteiger partial charge in [0.2, 0.25) is 0 Å². The number of alkyl halides is 1. The van der Waals surface area contributed by atoms with Crippen molar-refractivity contribution in [3.63, 3.8) is 0 Å². The van der Waals surface area contributed by atoms with Gasteiger partial charge in [-0.15, -0.1) is 11.6 Å². The first kappa shape index (κ1) is 14.3. The topological polar surface area (TPSA) is 29.1 Å². The minimum Gasteiger partial charge on any atom is -0.344 e. The molecule has 1 atom stereocenters. The third-order valence-corrected chi connectivity index (χ3v) is 3.80. The summed E-state index contributed by atoms with van der Waals surface area (Å²) in [5.41, 5.74) is 1.66. The van der Waals surface area contributed by atoms with Crippen LogP contribution in [0.1, 0.15) is 22.0 Å². The van der Waals surface area contributed by atoms with Crippen molar-refractivity contribution in [1.29, 1.82) is 0 Å². The van der Waals surface area contributed by atoms with E-state index in [1.807, 2.05) is 54.6 Å². The Morgan fingerprint density at radius 2 is 1.74 bits per heavy atom. The van der Waals surface area contributed by atoms with Gasteiger partial charge in [0.05, 0.1) is 6.04 Å². The maximum absolute atomic E-state index is 12.1. The minimum atomic E-state index is -0.172. The zero-order valence-corrected chi connectivity index (χ0v) is 13.1. The molecule has 0 radical (unpaired) electrons. The van der Waals surface area contributed by atoms with Crippen LogP contribution in [0.2, 0.25) is 0 Å². The average Bonchev–Trinajstić information content (AvgIpc) is 2.46. The SMILES string of the molecule is O=C(NC(CCl)c1ccccc1)c1ccc(I)cc1. The number of halogens is 2. The summed E-state index contributed by atoms with van der Waals surface area (Å²) in [5, 5.41) is 2.95. The molecular formula is C15H13ClINO. The summed E-state index contributed by atoms with van der Waals surface area (Å²) >= 11 is 8.15. The molecular weight excluding hydrogens is 373 g/mol. The Labute approximate surface area is 131 Å². The molecule has 2 aromatic carbocycles. The van der Waals surface area contributed by atoms with Gasteiger partial charge in [0.15, 0.2) is 0 Å². The number of carbonyl (C=O) groups is 1. The van der Waals surface area contributed by atoms with Crippen LogP contribution in [0.25, 0.3) is 0 Å². The lowest BCUT2D eigenvalue weighted by molar-refractivity contribution is 0.0940. The lowest BCUT2D eigenvalue weighted by atomic mass is 10.1. The molecule has 0 aliphatic heterocycles. The molecule has 2 rings (SSSR count). The van der Waals surface area contributed by atoms with Crippen LogP contribution in [0.3, 0.4) is 0 Å². The van der Waals surface area contributed by atoms with E-state index in [9.17, 15) is 4.79 Å². The quantitative estimate of drug-likeness (QED) is 0.625. The normalized spacial score (nSPS) is 11.9. The first-order valence-electron chi connectivity index (χ1n) is 5.88. The Hall–Kier alpha value is -1.07. The standard InChI is InChI=1S/C15H13ClINO/c16-10-14(11-4-2-1-3-5-11)18-15(19)12-6-8-13(17)9-7-12/h1-9,14H,10H2,(H,18,19). The van der Waals surface area contributed by atoms with E-state index in [0.717, 1.165) is 9.13 Å². The van der Waals surface area contributed by atoms with Crippen LogP contribution in [-0.4, -0.2) is 11.8 Å². The van der Waals surface area contributed by atoms with E-state index in [-0.39, 0.29) is 11.9 Å². The smallest absolute Gasteiger partial charge is 0.251 e. The van der Waals surface area contributed by atoms with Crippen molar-refractivity contribution >= 4 is 40.1 Å². The Kier molecular flexibility index (Phi) is 5.22. The summed E-state index contributed by atoms with van der Waals surface area (Å²) < 4.78 is 1.10. The highest BCUT2D eigenvalue weighted by molar-refractivity contribution is 14.1. The second kappa shape index (κ2) is 6.91. The number of carbonyl (C=O) groups excluding carboxylic acids is 1. The predicted octanol–water partition coefficient (Wildman–Crippen LogP) is 4.00. The van der Waals surface area contributed by atoms with Crippen LogP contribution < -0.4 is 5.32 Å². The molecule has 1 unspecified atom stereocenters. The lowest BCUT2D eigenvalue weighted by Gasteiger charge is -2.16. The second-order valence-corrected chi connectivity index (χ2v) is 5.65. The number of hydrogen-bond acceptors (Lipinski definition) is 1. The highest BCUT2D eigenvalue weighted by atomic mass is 127. The van der Waals surface area contributed by atoms with Gasteiger partial charge >= 0.3 is 0 Å². The molecule has 0 bridgehead atoms. The number of benzene rings is 2. The summed E-state index contributed by atoms with van der Waals surface area (Å²) in [5.74, 6) is 0.242. The number of nitrogens with one attached hydrogen (secondary N) is 1. The average molecular weight is 386 g/mol. The molecule has 2 nitrogen and oxygen atoms in total. The molecule has 0 heterocycles. The fourth-order valence-electron chi connectivity index (χ4n) is 1.74. The van der Waals surface area contributed by atoms with Crippen molar-refractivity contribution in [1.82, 2.24) is 5.32 Å². The molecule has 0 saturated heterocycles. The Bertz CT molecular complexity index is 542. The van der Waals surface area contributed by atoms with E-state index in [2.05, 4.69) is 27.9 Å². The van der Waals surface area contributed by atoms with Crippen LogP contribution in [-0.2, 0) is 0 Å². The van der Waals surface area contributed by atoms with Crippen LogP contribution in [0.5, 0.6) is 0 Å². The van der Waals surface area contributed by atoms with Crippen LogP contribution in [0.4, 0.5) is 0 Å². The van der Waals surface area contributed by atoms with Gasteiger partial charge in [-0.3, -0.25) is 4.79 Å². The maximum Gasteiger partial charge on any atom is 0.251 e. The summed E-state index contributed by atoms with van der Waals surface area (Å²) in [4.78, 5) is 12.1. The third-order valence-electron chi connectivity index (χ3n) is 2.77. The molecule has 4 heteroatoms.